The summed E-state index contributed by atoms with van der Waals surface area (Å²) in [5.41, 5.74) is 3.35. The lowest BCUT2D eigenvalue weighted by atomic mass is 10.00. The van der Waals surface area contributed by atoms with Crippen molar-refractivity contribution in [1.82, 2.24) is 19.5 Å². The molecule has 1 amide bonds. The third kappa shape index (κ3) is 3.80. The number of likely N-dealkylation sites (tertiary alicyclic amines) is 1. The molecular weight excluding hydrogens is 354 g/mol. The number of fused-ring (bicyclic) bond motifs is 1. The molecular formula is C21H31N5O2. The second-order valence-corrected chi connectivity index (χ2v) is 9.11. The Bertz CT molecular complexity index is 894. The molecule has 1 saturated heterocycles. The van der Waals surface area contributed by atoms with Gasteiger partial charge in [0.05, 0.1) is 11.7 Å². The van der Waals surface area contributed by atoms with Gasteiger partial charge in [-0.25, -0.2) is 9.78 Å². The van der Waals surface area contributed by atoms with E-state index < -0.39 is 5.60 Å². The molecule has 4 rings (SSSR count). The SMILES string of the molecule is Cc1nc2cc([C@@H]3CCCCN3C(=O)OC(C)(C)C)nn2c(NC2CC2)c1C. The fraction of sp³-hybridized carbons (Fsp3) is 0.667. The van der Waals surface area contributed by atoms with E-state index in [2.05, 4.69) is 12.2 Å². The Labute approximate surface area is 166 Å². The van der Waals surface area contributed by atoms with Gasteiger partial charge < -0.3 is 10.1 Å². The second kappa shape index (κ2) is 6.94. The van der Waals surface area contributed by atoms with E-state index in [1.807, 2.05) is 43.2 Å². The summed E-state index contributed by atoms with van der Waals surface area (Å²) in [5, 5.41) is 8.49. The molecule has 2 fully saturated rings. The molecule has 2 aromatic heterocycles. The van der Waals surface area contributed by atoms with Crippen molar-refractivity contribution in [2.24, 2.45) is 0 Å². The zero-order valence-corrected chi connectivity index (χ0v) is 17.6. The van der Waals surface area contributed by atoms with Gasteiger partial charge in [-0.05, 0) is 66.7 Å². The number of aryl methyl sites for hydroxylation is 1. The fourth-order valence-corrected chi connectivity index (χ4v) is 3.75. The third-order valence-electron chi connectivity index (χ3n) is 5.49. The highest BCUT2D eigenvalue weighted by molar-refractivity contribution is 5.69. The van der Waals surface area contributed by atoms with Crippen molar-refractivity contribution in [1.29, 1.82) is 0 Å². The summed E-state index contributed by atoms with van der Waals surface area (Å²) in [7, 11) is 0. The summed E-state index contributed by atoms with van der Waals surface area (Å²) in [4.78, 5) is 19.4. The van der Waals surface area contributed by atoms with Crippen molar-refractivity contribution in [3.63, 3.8) is 0 Å². The average molecular weight is 386 g/mol. The number of piperidine rings is 1. The number of hydrogen-bond donors (Lipinski definition) is 1. The maximum atomic E-state index is 12.8. The quantitative estimate of drug-likeness (QED) is 0.849. The number of amides is 1. The van der Waals surface area contributed by atoms with Crippen LogP contribution in [0.25, 0.3) is 5.65 Å². The molecule has 2 aliphatic rings. The van der Waals surface area contributed by atoms with Gasteiger partial charge in [0.2, 0.25) is 0 Å². The Hall–Kier alpha value is -2.31. The predicted molar refractivity (Wildman–Crippen MR) is 109 cm³/mol. The topological polar surface area (TPSA) is 71.8 Å². The molecule has 1 saturated carbocycles. The molecule has 7 heteroatoms. The Balaban J connectivity index is 1.69. The van der Waals surface area contributed by atoms with Crippen LogP contribution in [-0.2, 0) is 4.74 Å². The van der Waals surface area contributed by atoms with E-state index in [0.29, 0.717) is 12.6 Å². The van der Waals surface area contributed by atoms with Crippen LogP contribution in [-0.4, -0.2) is 43.8 Å². The minimum atomic E-state index is -0.505. The van der Waals surface area contributed by atoms with E-state index in [-0.39, 0.29) is 12.1 Å². The van der Waals surface area contributed by atoms with Crippen LogP contribution in [0.15, 0.2) is 6.07 Å². The summed E-state index contributed by atoms with van der Waals surface area (Å²) >= 11 is 0. The minimum Gasteiger partial charge on any atom is -0.444 e. The summed E-state index contributed by atoms with van der Waals surface area (Å²) in [5.74, 6) is 1.02. The van der Waals surface area contributed by atoms with Crippen LogP contribution >= 0.6 is 0 Å². The first kappa shape index (κ1) is 19.0. The maximum absolute atomic E-state index is 12.8. The minimum absolute atomic E-state index is 0.0697. The molecule has 3 heterocycles. The molecule has 0 aromatic carbocycles. The number of carbonyl (C=O) groups is 1. The molecule has 0 radical (unpaired) electrons. The monoisotopic (exact) mass is 385 g/mol. The van der Waals surface area contributed by atoms with Gasteiger partial charge in [-0.2, -0.15) is 9.61 Å². The van der Waals surface area contributed by atoms with Gasteiger partial charge in [0, 0.05) is 29.9 Å². The molecule has 0 unspecified atom stereocenters. The zero-order valence-electron chi connectivity index (χ0n) is 17.6. The maximum Gasteiger partial charge on any atom is 0.410 e. The Morgan fingerprint density at radius 3 is 2.64 bits per heavy atom. The molecule has 2 aromatic rings. The average Bonchev–Trinajstić information content (AvgIpc) is 3.35. The van der Waals surface area contributed by atoms with Crippen molar-refractivity contribution in [3.8, 4) is 0 Å². The predicted octanol–water partition coefficient (Wildman–Crippen LogP) is 4.38. The summed E-state index contributed by atoms with van der Waals surface area (Å²) in [6.45, 7) is 10.5. The Morgan fingerprint density at radius 1 is 1.21 bits per heavy atom. The van der Waals surface area contributed by atoms with Crippen molar-refractivity contribution in [2.45, 2.75) is 84.4 Å². The fourth-order valence-electron chi connectivity index (χ4n) is 3.75. The summed E-state index contributed by atoms with van der Waals surface area (Å²) in [6.07, 6.45) is 5.11. The highest BCUT2D eigenvalue weighted by Gasteiger charge is 2.33. The van der Waals surface area contributed by atoms with Crippen LogP contribution in [0.1, 0.15) is 75.9 Å². The van der Waals surface area contributed by atoms with E-state index in [1.54, 1.807) is 0 Å². The van der Waals surface area contributed by atoms with Gasteiger partial charge in [-0.1, -0.05) is 0 Å². The number of hydrogen-bond acceptors (Lipinski definition) is 5. The first-order valence-corrected chi connectivity index (χ1v) is 10.4. The van der Waals surface area contributed by atoms with Crippen molar-refractivity contribution < 1.29 is 9.53 Å². The lowest BCUT2D eigenvalue weighted by molar-refractivity contribution is 0.00898. The molecule has 28 heavy (non-hydrogen) atoms. The smallest absolute Gasteiger partial charge is 0.410 e. The second-order valence-electron chi connectivity index (χ2n) is 9.11. The number of nitrogens with one attached hydrogen (secondary N) is 1. The number of ether oxygens (including phenoxy) is 1. The highest BCUT2D eigenvalue weighted by Crippen LogP contribution is 2.34. The van der Waals surface area contributed by atoms with Gasteiger partial charge in [-0.15, -0.1) is 0 Å². The summed E-state index contributed by atoms with van der Waals surface area (Å²) < 4.78 is 7.56. The zero-order chi connectivity index (χ0) is 20.1. The Kier molecular flexibility index (Phi) is 4.71. The molecule has 1 atom stereocenters. The van der Waals surface area contributed by atoms with E-state index >= 15 is 0 Å². The first-order valence-electron chi connectivity index (χ1n) is 10.4. The van der Waals surface area contributed by atoms with Crippen LogP contribution in [0.4, 0.5) is 10.6 Å². The van der Waals surface area contributed by atoms with Gasteiger partial charge in [0.15, 0.2) is 5.65 Å². The van der Waals surface area contributed by atoms with Crippen LogP contribution in [0.3, 0.4) is 0 Å². The van der Waals surface area contributed by atoms with E-state index in [0.717, 1.165) is 47.7 Å². The third-order valence-corrected chi connectivity index (χ3v) is 5.49. The molecule has 7 nitrogen and oxygen atoms in total. The normalized spacial score (nSPS) is 20.5. The lowest BCUT2D eigenvalue weighted by Crippen LogP contribution is -2.42. The van der Waals surface area contributed by atoms with E-state index in [4.69, 9.17) is 14.8 Å². The van der Waals surface area contributed by atoms with Gasteiger partial charge in [0.1, 0.15) is 11.4 Å². The largest absolute Gasteiger partial charge is 0.444 e. The molecule has 152 valence electrons. The number of nitrogens with zero attached hydrogens (tertiary/aromatic N) is 4. The highest BCUT2D eigenvalue weighted by atomic mass is 16.6. The standard InChI is InChI=1S/C21H31N5O2/c1-13-14(2)22-18-12-16(24-26(18)19(13)23-15-9-10-15)17-8-6-7-11-25(17)20(27)28-21(3,4)5/h12,15,17,23H,6-11H2,1-5H3/t17-/m0/s1. The molecule has 1 aliphatic carbocycles. The molecule has 1 aliphatic heterocycles. The van der Waals surface area contributed by atoms with Crippen molar-refractivity contribution >= 4 is 17.6 Å². The van der Waals surface area contributed by atoms with Crippen molar-refractivity contribution in [3.05, 3.63) is 23.0 Å². The molecule has 0 spiro atoms. The number of aromatic nitrogens is 3. The van der Waals surface area contributed by atoms with Crippen LogP contribution < -0.4 is 5.32 Å². The number of rotatable bonds is 3. The van der Waals surface area contributed by atoms with Gasteiger partial charge >= 0.3 is 6.09 Å². The van der Waals surface area contributed by atoms with Gasteiger partial charge in [-0.3, -0.25) is 4.90 Å². The number of carbonyl (C=O) groups excluding carboxylic acids is 1. The van der Waals surface area contributed by atoms with Crippen LogP contribution in [0.2, 0.25) is 0 Å². The number of anilines is 1. The Morgan fingerprint density at radius 2 is 1.96 bits per heavy atom. The van der Waals surface area contributed by atoms with Crippen LogP contribution in [0.5, 0.6) is 0 Å². The van der Waals surface area contributed by atoms with Crippen molar-refractivity contribution in [2.75, 3.05) is 11.9 Å². The van der Waals surface area contributed by atoms with Gasteiger partial charge in [0.25, 0.3) is 0 Å². The van der Waals surface area contributed by atoms with E-state index in [1.165, 1.54) is 12.8 Å². The lowest BCUT2D eigenvalue weighted by Gasteiger charge is -2.35. The first-order chi connectivity index (χ1) is 13.2. The molecule has 1 N–H and O–H groups in total. The summed E-state index contributed by atoms with van der Waals surface area (Å²) in [6, 6.07) is 2.49. The van der Waals surface area contributed by atoms with E-state index in [9.17, 15) is 4.79 Å². The van der Waals surface area contributed by atoms with Crippen LogP contribution in [0, 0.1) is 13.8 Å². The molecule has 0 bridgehead atoms.